The van der Waals surface area contributed by atoms with Gasteiger partial charge in [0.05, 0.1) is 19.3 Å². The van der Waals surface area contributed by atoms with E-state index in [0.29, 0.717) is 13.0 Å². The molecule has 165 valence electrons. The Morgan fingerprint density at radius 3 is 2.11 bits per heavy atom. The average Bonchev–Trinajstić information content (AvgIpc) is 2.91. The zero-order chi connectivity index (χ0) is 21.0. The van der Waals surface area contributed by atoms with Crippen molar-refractivity contribution in [1.29, 1.82) is 0 Å². The summed E-state index contributed by atoms with van der Waals surface area (Å²) in [4.78, 5) is 11.1. The number of nitrogens with zero attached hydrogens (tertiary/aromatic N) is 1. The SMILES string of the molecule is CCCCC(C)C1(CCCCCCCCCCC(=O)OC)OCC(C)(C)N1[O]. The molecule has 0 bridgehead atoms. The Morgan fingerprint density at radius 1 is 1.04 bits per heavy atom. The summed E-state index contributed by atoms with van der Waals surface area (Å²) in [7, 11) is 1.45. The third-order valence-electron chi connectivity index (χ3n) is 6.22. The topological polar surface area (TPSA) is 58.7 Å². The molecule has 1 aliphatic rings. The molecule has 0 aromatic carbocycles. The van der Waals surface area contributed by atoms with Crippen LogP contribution in [0.4, 0.5) is 0 Å². The number of ether oxygens (including phenoxy) is 2. The zero-order valence-electron chi connectivity index (χ0n) is 19.1. The summed E-state index contributed by atoms with van der Waals surface area (Å²) in [5.41, 5.74) is -1.06. The third-order valence-corrected chi connectivity index (χ3v) is 6.22. The number of methoxy groups -OCH3 is 1. The third kappa shape index (κ3) is 7.64. The summed E-state index contributed by atoms with van der Waals surface area (Å²) in [6.45, 7) is 8.90. The van der Waals surface area contributed by atoms with E-state index in [9.17, 15) is 10.0 Å². The maximum absolute atomic E-state index is 13.0. The van der Waals surface area contributed by atoms with Crippen LogP contribution < -0.4 is 0 Å². The fourth-order valence-electron chi connectivity index (χ4n) is 4.24. The summed E-state index contributed by atoms with van der Waals surface area (Å²) >= 11 is 0. The minimum Gasteiger partial charge on any atom is -0.469 e. The van der Waals surface area contributed by atoms with Crippen LogP contribution in [0.1, 0.15) is 111 Å². The Hall–Kier alpha value is -0.650. The molecule has 0 saturated carbocycles. The molecule has 5 heteroatoms. The van der Waals surface area contributed by atoms with Crippen LogP contribution in [-0.4, -0.2) is 36.0 Å². The van der Waals surface area contributed by atoms with Crippen molar-refractivity contribution in [3.63, 3.8) is 0 Å². The standard InChI is InChI=1S/C23H44NO4/c1-6-7-16-20(2)23(24(26)22(3,4)19-28-23)18-15-13-11-9-8-10-12-14-17-21(25)27-5/h20H,6-19H2,1-5H3. The molecule has 1 rings (SSSR count). The van der Waals surface area contributed by atoms with Gasteiger partial charge in [0.25, 0.3) is 0 Å². The molecule has 28 heavy (non-hydrogen) atoms. The number of hydrogen-bond acceptors (Lipinski definition) is 4. The minimum absolute atomic E-state index is 0.105. The van der Waals surface area contributed by atoms with Crippen molar-refractivity contribution in [2.75, 3.05) is 13.7 Å². The predicted octanol–water partition coefficient (Wildman–Crippen LogP) is 6.04. The van der Waals surface area contributed by atoms with Gasteiger partial charge >= 0.3 is 5.97 Å². The first-order valence-electron chi connectivity index (χ1n) is 11.5. The molecule has 2 unspecified atom stereocenters. The van der Waals surface area contributed by atoms with Crippen molar-refractivity contribution in [1.82, 2.24) is 5.06 Å². The smallest absolute Gasteiger partial charge is 0.305 e. The Morgan fingerprint density at radius 2 is 1.61 bits per heavy atom. The quantitative estimate of drug-likeness (QED) is 0.249. The molecular weight excluding hydrogens is 354 g/mol. The van der Waals surface area contributed by atoms with E-state index in [2.05, 4.69) is 18.6 Å². The summed E-state index contributed by atoms with van der Waals surface area (Å²) in [6, 6.07) is 0. The van der Waals surface area contributed by atoms with Crippen molar-refractivity contribution < 1.29 is 19.5 Å². The Kier molecular flexibility index (Phi) is 11.6. The van der Waals surface area contributed by atoms with Gasteiger partial charge in [-0.05, 0) is 39.5 Å². The highest BCUT2D eigenvalue weighted by atomic mass is 16.6. The number of hydroxylamine groups is 2. The summed E-state index contributed by atoms with van der Waals surface area (Å²) < 4.78 is 10.9. The molecule has 0 N–H and O–H groups in total. The molecule has 0 aliphatic carbocycles. The average molecular weight is 399 g/mol. The van der Waals surface area contributed by atoms with Gasteiger partial charge in [-0.2, -0.15) is 0 Å². The second kappa shape index (κ2) is 12.8. The number of carbonyl (C=O) groups excluding carboxylic acids is 1. The lowest BCUT2D eigenvalue weighted by Gasteiger charge is -2.40. The second-order valence-corrected chi connectivity index (χ2v) is 9.19. The molecule has 1 aliphatic heterocycles. The van der Waals surface area contributed by atoms with Crippen LogP contribution in [0.15, 0.2) is 0 Å². The molecule has 1 heterocycles. The molecule has 5 nitrogen and oxygen atoms in total. The van der Waals surface area contributed by atoms with Gasteiger partial charge in [0.2, 0.25) is 0 Å². The lowest BCUT2D eigenvalue weighted by molar-refractivity contribution is -0.310. The van der Waals surface area contributed by atoms with Crippen LogP contribution >= 0.6 is 0 Å². The van der Waals surface area contributed by atoms with Gasteiger partial charge in [0.1, 0.15) is 5.72 Å². The van der Waals surface area contributed by atoms with E-state index in [1.807, 2.05) is 13.8 Å². The fraction of sp³-hybridized carbons (Fsp3) is 0.957. The summed E-state index contributed by atoms with van der Waals surface area (Å²) in [6.07, 6.45) is 13.8. The molecule has 0 aromatic heterocycles. The van der Waals surface area contributed by atoms with Gasteiger partial charge in [-0.3, -0.25) is 4.79 Å². The lowest BCUT2D eigenvalue weighted by atomic mass is 9.86. The Balaban J connectivity index is 2.28. The van der Waals surface area contributed by atoms with Gasteiger partial charge < -0.3 is 9.47 Å². The molecule has 1 saturated heterocycles. The van der Waals surface area contributed by atoms with E-state index < -0.39 is 11.3 Å². The van der Waals surface area contributed by atoms with Gasteiger partial charge in [-0.15, -0.1) is 10.3 Å². The van der Waals surface area contributed by atoms with Gasteiger partial charge in [-0.1, -0.05) is 65.2 Å². The highest BCUT2D eigenvalue weighted by Crippen LogP contribution is 2.43. The normalized spacial score (nSPS) is 23.1. The Bertz CT molecular complexity index is 440. The van der Waals surface area contributed by atoms with E-state index >= 15 is 0 Å². The highest BCUT2D eigenvalue weighted by Gasteiger charge is 2.55. The first-order chi connectivity index (χ1) is 13.3. The zero-order valence-corrected chi connectivity index (χ0v) is 19.1. The van der Waals surface area contributed by atoms with Gasteiger partial charge in [0, 0.05) is 12.3 Å². The van der Waals surface area contributed by atoms with Crippen LogP contribution in [0, 0.1) is 5.92 Å². The van der Waals surface area contributed by atoms with Crippen molar-refractivity contribution in [3.8, 4) is 0 Å². The molecule has 0 spiro atoms. The van der Waals surface area contributed by atoms with Crippen molar-refractivity contribution in [3.05, 3.63) is 0 Å². The predicted molar refractivity (Wildman–Crippen MR) is 112 cm³/mol. The minimum atomic E-state index is -0.632. The first-order valence-corrected chi connectivity index (χ1v) is 11.5. The monoisotopic (exact) mass is 398 g/mol. The van der Waals surface area contributed by atoms with E-state index in [-0.39, 0.29) is 11.9 Å². The van der Waals surface area contributed by atoms with E-state index in [0.717, 1.165) is 51.4 Å². The van der Waals surface area contributed by atoms with Gasteiger partial charge in [-0.25, -0.2) is 0 Å². The van der Waals surface area contributed by atoms with Crippen molar-refractivity contribution in [2.24, 2.45) is 5.92 Å². The molecule has 0 amide bonds. The largest absolute Gasteiger partial charge is 0.469 e. The molecule has 2 atom stereocenters. The van der Waals surface area contributed by atoms with Crippen LogP contribution in [0.25, 0.3) is 0 Å². The van der Waals surface area contributed by atoms with E-state index in [4.69, 9.17) is 4.74 Å². The van der Waals surface area contributed by atoms with Gasteiger partial charge in [0.15, 0.2) is 0 Å². The number of esters is 1. The van der Waals surface area contributed by atoms with Crippen molar-refractivity contribution >= 4 is 5.97 Å². The van der Waals surface area contributed by atoms with E-state index in [1.54, 1.807) is 0 Å². The lowest BCUT2D eigenvalue weighted by Crippen LogP contribution is -2.53. The van der Waals surface area contributed by atoms with Crippen LogP contribution in [0.3, 0.4) is 0 Å². The molecule has 1 fully saturated rings. The Labute approximate surface area is 173 Å². The van der Waals surface area contributed by atoms with Crippen LogP contribution in [-0.2, 0) is 19.5 Å². The molecular formula is C23H44NO4. The first kappa shape index (κ1) is 25.4. The summed E-state index contributed by atoms with van der Waals surface area (Å²) in [5.74, 6) is 0.161. The number of rotatable bonds is 15. The maximum atomic E-state index is 13.0. The number of hydrogen-bond donors (Lipinski definition) is 0. The maximum Gasteiger partial charge on any atom is 0.305 e. The number of carbonyl (C=O) groups is 1. The van der Waals surface area contributed by atoms with Crippen LogP contribution in [0.5, 0.6) is 0 Å². The fourth-order valence-corrected chi connectivity index (χ4v) is 4.24. The van der Waals surface area contributed by atoms with Crippen molar-refractivity contribution in [2.45, 2.75) is 122 Å². The summed E-state index contributed by atoms with van der Waals surface area (Å²) in [5, 5.41) is 14.3. The van der Waals surface area contributed by atoms with Crippen LogP contribution in [0.2, 0.25) is 0 Å². The number of unbranched alkanes of at least 4 members (excludes halogenated alkanes) is 8. The molecule has 1 radical (unpaired) electrons. The second-order valence-electron chi connectivity index (χ2n) is 9.19. The molecule has 0 aromatic rings. The van der Waals surface area contributed by atoms with E-state index in [1.165, 1.54) is 37.9 Å². The highest BCUT2D eigenvalue weighted by molar-refractivity contribution is 5.68.